The Morgan fingerprint density at radius 2 is 1.73 bits per heavy atom. The van der Waals surface area contributed by atoms with E-state index >= 15 is 0 Å². The quantitative estimate of drug-likeness (QED) is 0.501. The van der Waals surface area contributed by atoms with Gasteiger partial charge in [0.05, 0.1) is 5.92 Å². The fourth-order valence-electron chi connectivity index (χ4n) is 1.60. The minimum Gasteiger partial charge on any atom is -0.479 e. The normalized spacial score (nSPS) is 20.4. The van der Waals surface area contributed by atoms with Crippen LogP contribution in [0.2, 0.25) is 0 Å². The first-order valence-electron chi connectivity index (χ1n) is 6.98. The molecule has 0 aliphatic carbocycles. The lowest BCUT2D eigenvalue weighted by Gasteiger charge is -2.21. The molecule has 0 spiro atoms. The Kier molecular flexibility index (Phi) is 8.21. The number of esters is 1. The molecule has 1 fully saturated rings. The van der Waals surface area contributed by atoms with Crippen LogP contribution in [0.15, 0.2) is 0 Å². The van der Waals surface area contributed by atoms with Gasteiger partial charge in [-0.3, -0.25) is 9.59 Å². The number of carboxylic acids is 1. The molecule has 1 heterocycles. The predicted octanol–water partition coefficient (Wildman–Crippen LogP) is -0.681. The van der Waals surface area contributed by atoms with Crippen molar-refractivity contribution in [2.24, 2.45) is 5.92 Å². The zero-order chi connectivity index (χ0) is 17.5. The van der Waals surface area contributed by atoms with E-state index in [0.29, 0.717) is 0 Å². The third-order valence-electron chi connectivity index (χ3n) is 2.77. The third-order valence-corrected chi connectivity index (χ3v) is 2.77. The average Bonchev–Trinajstić information content (AvgIpc) is 2.89. The molecule has 0 aromatic carbocycles. The third kappa shape index (κ3) is 8.06. The van der Waals surface area contributed by atoms with Gasteiger partial charge in [-0.1, -0.05) is 0 Å². The number of Topliss-reactive ketones (excluding diaryl/α,β-unsaturated/α-hetero) is 1. The van der Waals surface area contributed by atoms with Crippen molar-refractivity contribution >= 4 is 17.7 Å². The van der Waals surface area contributed by atoms with Crippen molar-refractivity contribution in [2.75, 3.05) is 13.1 Å². The van der Waals surface area contributed by atoms with E-state index in [-0.39, 0.29) is 17.5 Å². The van der Waals surface area contributed by atoms with E-state index in [9.17, 15) is 14.4 Å². The summed E-state index contributed by atoms with van der Waals surface area (Å²) in [5.74, 6) is -2.37. The van der Waals surface area contributed by atoms with Gasteiger partial charge in [-0.2, -0.15) is 0 Å². The molecule has 0 bridgehead atoms. The number of carboxylic acid groups (broad SMARTS) is 1. The zero-order valence-corrected chi connectivity index (χ0v) is 13.3. The molecule has 22 heavy (non-hydrogen) atoms. The maximum atomic E-state index is 11.4. The fourth-order valence-corrected chi connectivity index (χ4v) is 1.60. The summed E-state index contributed by atoms with van der Waals surface area (Å²) in [6.07, 6.45) is -2.93. The fraction of sp³-hybridized carbons (Fsp3) is 0.786. The van der Waals surface area contributed by atoms with E-state index < -0.39 is 24.0 Å². The van der Waals surface area contributed by atoms with Crippen molar-refractivity contribution in [1.82, 2.24) is 5.32 Å². The lowest BCUT2D eigenvalue weighted by atomic mass is 10.1. The molecule has 1 unspecified atom stereocenters. The van der Waals surface area contributed by atoms with E-state index in [1.54, 1.807) is 0 Å². The molecule has 0 amide bonds. The Hall–Kier alpha value is -1.51. The van der Waals surface area contributed by atoms with Gasteiger partial charge >= 0.3 is 11.9 Å². The predicted molar refractivity (Wildman–Crippen MR) is 77.2 cm³/mol. The first-order valence-corrected chi connectivity index (χ1v) is 6.98. The number of aliphatic hydroxyl groups excluding tert-OH is 2. The minimum absolute atomic E-state index is 0.0625. The Morgan fingerprint density at radius 1 is 1.18 bits per heavy atom. The SMILES string of the molecule is CC(=O)[C@H](O)[C@@H](O)C(=O)O.CC(C)(C)OC(=O)C1CCNC1. The summed E-state index contributed by atoms with van der Waals surface area (Å²) >= 11 is 0. The molecule has 0 saturated carbocycles. The number of carbonyl (C=O) groups excluding carboxylic acids is 2. The van der Waals surface area contributed by atoms with Crippen molar-refractivity contribution in [3.8, 4) is 0 Å². The van der Waals surface area contributed by atoms with Crippen LogP contribution in [0.25, 0.3) is 0 Å². The van der Waals surface area contributed by atoms with Gasteiger partial charge in [0, 0.05) is 6.54 Å². The number of ketones is 1. The summed E-state index contributed by atoms with van der Waals surface area (Å²) in [6, 6.07) is 0. The van der Waals surface area contributed by atoms with Crippen LogP contribution in [-0.2, 0) is 19.1 Å². The van der Waals surface area contributed by atoms with Crippen molar-refractivity contribution in [1.29, 1.82) is 0 Å². The second-order valence-corrected chi connectivity index (χ2v) is 6.06. The van der Waals surface area contributed by atoms with Gasteiger partial charge in [-0.05, 0) is 40.7 Å². The molecule has 1 rings (SSSR count). The molecule has 3 atom stereocenters. The summed E-state index contributed by atoms with van der Waals surface area (Å²) in [5, 5.41) is 28.3. The summed E-state index contributed by atoms with van der Waals surface area (Å²) in [6.45, 7) is 8.39. The Labute approximate surface area is 129 Å². The van der Waals surface area contributed by atoms with E-state index in [1.165, 1.54) is 0 Å². The molecule has 1 saturated heterocycles. The summed E-state index contributed by atoms with van der Waals surface area (Å²) in [5.41, 5.74) is -0.348. The van der Waals surface area contributed by atoms with Gasteiger partial charge in [0.15, 0.2) is 11.9 Å². The van der Waals surface area contributed by atoms with E-state index in [2.05, 4.69) is 5.32 Å². The number of carbonyl (C=O) groups is 3. The Morgan fingerprint density at radius 3 is 2.00 bits per heavy atom. The molecular formula is C14H25NO7. The van der Waals surface area contributed by atoms with Crippen molar-refractivity contribution < 1.29 is 34.4 Å². The topological polar surface area (TPSA) is 133 Å². The van der Waals surface area contributed by atoms with Crippen LogP contribution in [-0.4, -0.2) is 63.9 Å². The van der Waals surface area contributed by atoms with Crippen molar-refractivity contribution in [3.63, 3.8) is 0 Å². The first kappa shape index (κ1) is 20.5. The van der Waals surface area contributed by atoms with Crippen molar-refractivity contribution in [3.05, 3.63) is 0 Å². The standard InChI is InChI=1S/C9H17NO2.C5H8O5/c1-9(2,3)12-8(11)7-4-5-10-6-7;1-2(6)3(7)4(8)5(9)10/h7,10H,4-6H2,1-3H3;3-4,7-8H,1H3,(H,9,10)/t;3-,4+/m.0/s1. The largest absolute Gasteiger partial charge is 0.479 e. The average molecular weight is 319 g/mol. The van der Waals surface area contributed by atoms with Crippen LogP contribution in [0.1, 0.15) is 34.1 Å². The van der Waals surface area contributed by atoms with Crippen LogP contribution < -0.4 is 5.32 Å². The lowest BCUT2D eigenvalue weighted by Crippen LogP contribution is -2.38. The first-order chi connectivity index (χ1) is 9.95. The molecule has 1 aliphatic rings. The Bertz CT molecular complexity index is 378. The molecule has 128 valence electrons. The highest BCUT2D eigenvalue weighted by Crippen LogP contribution is 2.15. The second kappa shape index (κ2) is 8.82. The number of ether oxygens (including phenoxy) is 1. The Balaban J connectivity index is 0.000000409. The van der Waals surface area contributed by atoms with Gasteiger partial charge in [-0.25, -0.2) is 4.79 Å². The number of rotatable bonds is 4. The summed E-state index contributed by atoms with van der Waals surface area (Å²) < 4.78 is 5.24. The summed E-state index contributed by atoms with van der Waals surface area (Å²) in [7, 11) is 0. The van der Waals surface area contributed by atoms with Crippen LogP contribution in [0.5, 0.6) is 0 Å². The molecule has 8 nitrogen and oxygen atoms in total. The van der Waals surface area contributed by atoms with E-state index in [4.69, 9.17) is 20.1 Å². The minimum atomic E-state index is -2.02. The monoisotopic (exact) mass is 319 g/mol. The highest BCUT2D eigenvalue weighted by molar-refractivity contribution is 5.87. The molecular weight excluding hydrogens is 294 g/mol. The number of hydrogen-bond acceptors (Lipinski definition) is 7. The van der Waals surface area contributed by atoms with Crippen LogP contribution in [0.4, 0.5) is 0 Å². The van der Waals surface area contributed by atoms with Gasteiger partial charge in [0.2, 0.25) is 0 Å². The highest BCUT2D eigenvalue weighted by atomic mass is 16.6. The number of nitrogens with one attached hydrogen (secondary N) is 1. The smallest absolute Gasteiger partial charge is 0.335 e. The molecule has 0 radical (unpaired) electrons. The van der Waals surface area contributed by atoms with Gasteiger partial charge < -0.3 is 25.4 Å². The highest BCUT2D eigenvalue weighted by Gasteiger charge is 2.27. The number of aliphatic carboxylic acids is 1. The van der Waals surface area contributed by atoms with Crippen LogP contribution >= 0.6 is 0 Å². The number of hydrogen-bond donors (Lipinski definition) is 4. The van der Waals surface area contributed by atoms with Crippen molar-refractivity contribution in [2.45, 2.75) is 51.9 Å². The maximum Gasteiger partial charge on any atom is 0.335 e. The van der Waals surface area contributed by atoms with Crippen LogP contribution in [0, 0.1) is 5.92 Å². The van der Waals surface area contributed by atoms with Crippen LogP contribution in [0.3, 0.4) is 0 Å². The molecule has 0 aromatic rings. The molecule has 4 N–H and O–H groups in total. The van der Waals surface area contributed by atoms with E-state index in [0.717, 1.165) is 26.4 Å². The van der Waals surface area contributed by atoms with E-state index in [1.807, 2.05) is 20.8 Å². The molecule has 8 heteroatoms. The summed E-state index contributed by atoms with van der Waals surface area (Å²) in [4.78, 5) is 31.5. The van der Waals surface area contributed by atoms with Gasteiger partial charge in [0.25, 0.3) is 0 Å². The number of aliphatic hydroxyl groups is 2. The zero-order valence-electron chi connectivity index (χ0n) is 13.3. The second-order valence-electron chi connectivity index (χ2n) is 6.06. The molecule has 1 aliphatic heterocycles. The lowest BCUT2D eigenvalue weighted by molar-refractivity contribution is -0.159. The van der Waals surface area contributed by atoms with Gasteiger partial charge in [0.1, 0.15) is 11.7 Å². The van der Waals surface area contributed by atoms with Gasteiger partial charge in [-0.15, -0.1) is 0 Å². The maximum absolute atomic E-state index is 11.4. The molecule has 0 aromatic heterocycles.